The molecule has 6 heteroatoms. The van der Waals surface area contributed by atoms with Crippen LogP contribution in [0.3, 0.4) is 0 Å². The highest BCUT2D eigenvalue weighted by Gasteiger charge is 2.37. The number of thiazole rings is 1. The quantitative estimate of drug-likeness (QED) is 0.904. The van der Waals surface area contributed by atoms with Crippen LogP contribution in [0.25, 0.3) is 11.3 Å². The van der Waals surface area contributed by atoms with Crippen LogP contribution >= 0.6 is 11.3 Å². The second-order valence-electron chi connectivity index (χ2n) is 5.13. The first kappa shape index (κ1) is 13.6. The van der Waals surface area contributed by atoms with E-state index in [1.807, 2.05) is 0 Å². The standard InChI is InChI=1S/C14H13F3N2S/c15-14(16,17)10-4-1-3-9(7-10)11-8-20-12(19-11)13(18)5-2-6-13/h1,3-4,7-8H,2,5-6,18H2. The van der Waals surface area contributed by atoms with E-state index in [0.29, 0.717) is 11.3 Å². The van der Waals surface area contributed by atoms with Crippen LogP contribution in [0.1, 0.15) is 29.8 Å². The molecule has 0 amide bonds. The van der Waals surface area contributed by atoms with E-state index in [1.54, 1.807) is 11.4 Å². The highest BCUT2D eigenvalue weighted by molar-refractivity contribution is 7.10. The van der Waals surface area contributed by atoms with E-state index in [0.717, 1.165) is 36.4 Å². The molecule has 0 atom stereocenters. The fraction of sp³-hybridized carbons (Fsp3) is 0.357. The molecule has 0 spiro atoms. The summed E-state index contributed by atoms with van der Waals surface area (Å²) in [5.74, 6) is 0. The summed E-state index contributed by atoms with van der Waals surface area (Å²) in [7, 11) is 0. The zero-order valence-corrected chi connectivity index (χ0v) is 11.4. The number of nitrogens with zero attached hydrogens (tertiary/aromatic N) is 1. The first-order valence-electron chi connectivity index (χ1n) is 6.31. The summed E-state index contributed by atoms with van der Waals surface area (Å²) < 4.78 is 38.1. The van der Waals surface area contributed by atoms with Crippen LogP contribution in [0.15, 0.2) is 29.6 Å². The largest absolute Gasteiger partial charge is 0.416 e. The molecule has 1 aromatic carbocycles. The van der Waals surface area contributed by atoms with Crippen LogP contribution in [-0.4, -0.2) is 4.98 Å². The van der Waals surface area contributed by atoms with Gasteiger partial charge in [-0.2, -0.15) is 13.2 Å². The van der Waals surface area contributed by atoms with E-state index >= 15 is 0 Å². The van der Waals surface area contributed by atoms with Gasteiger partial charge in [0.2, 0.25) is 0 Å². The Morgan fingerprint density at radius 3 is 2.60 bits per heavy atom. The smallest absolute Gasteiger partial charge is 0.319 e. The second-order valence-corrected chi connectivity index (χ2v) is 5.98. The van der Waals surface area contributed by atoms with Gasteiger partial charge in [0.05, 0.1) is 16.8 Å². The Balaban J connectivity index is 1.94. The van der Waals surface area contributed by atoms with Gasteiger partial charge in [-0.3, -0.25) is 0 Å². The Morgan fingerprint density at radius 2 is 2.00 bits per heavy atom. The van der Waals surface area contributed by atoms with Crippen molar-refractivity contribution in [3.05, 3.63) is 40.2 Å². The maximum atomic E-state index is 12.7. The average molecular weight is 298 g/mol. The van der Waals surface area contributed by atoms with Crippen molar-refractivity contribution in [3.63, 3.8) is 0 Å². The fourth-order valence-corrected chi connectivity index (χ4v) is 3.26. The molecular formula is C14H13F3N2S. The van der Waals surface area contributed by atoms with Crippen LogP contribution in [0.4, 0.5) is 13.2 Å². The van der Waals surface area contributed by atoms with E-state index in [9.17, 15) is 13.2 Å². The summed E-state index contributed by atoms with van der Waals surface area (Å²) >= 11 is 1.42. The van der Waals surface area contributed by atoms with E-state index in [4.69, 9.17) is 5.73 Å². The predicted octanol–water partition coefficient (Wildman–Crippen LogP) is 4.17. The molecule has 1 aromatic heterocycles. The molecule has 106 valence electrons. The zero-order chi connectivity index (χ0) is 14.4. The van der Waals surface area contributed by atoms with Gasteiger partial charge in [0.15, 0.2) is 0 Å². The highest BCUT2D eigenvalue weighted by Crippen LogP contribution is 2.41. The Morgan fingerprint density at radius 1 is 1.25 bits per heavy atom. The van der Waals surface area contributed by atoms with Gasteiger partial charge in [0.25, 0.3) is 0 Å². The molecule has 1 heterocycles. The summed E-state index contributed by atoms with van der Waals surface area (Å²) in [6.07, 6.45) is -1.47. The molecule has 1 aliphatic carbocycles. The molecule has 20 heavy (non-hydrogen) atoms. The third kappa shape index (κ3) is 2.33. The molecule has 2 aromatic rings. The van der Waals surface area contributed by atoms with E-state index in [2.05, 4.69) is 4.98 Å². The number of aromatic nitrogens is 1. The van der Waals surface area contributed by atoms with Gasteiger partial charge in [-0.15, -0.1) is 11.3 Å². The number of rotatable bonds is 2. The number of hydrogen-bond donors (Lipinski definition) is 1. The lowest BCUT2D eigenvalue weighted by Crippen LogP contribution is -2.43. The maximum Gasteiger partial charge on any atom is 0.416 e. The summed E-state index contributed by atoms with van der Waals surface area (Å²) in [4.78, 5) is 4.42. The molecule has 0 bridgehead atoms. The molecule has 1 aliphatic rings. The van der Waals surface area contributed by atoms with Crippen molar-refractivity contribution in [3.8, 4) is 11.3 Å². The lowest BCUT2D eigenvalue weighted by atomic mass is 9.78. The van der Waals surface area contributed by atoms with Crippen LogP contribution in [-0.2, 0) is 11.7 Å². The normalized spacial score (nSPS) is 17.8. The minimum Gasteiger partial charge on any atom is -0.319 e. The summed E-state index contributed by atoms with van der Waals surface area (Å²) in [6.45, 7) is 0. The highest BCUT2D eigenvalue weighted by atomic mass is 32.1. The van der Waals surface area contributed by atoms with Crippen molar-refractivity contribution in [1.29, 1.82) is 0 Å². The van der Waals surface area contributed by atoms with Gasteiger partial charge < -0.3 is 5.73 Å². The number of halogens is 3. The van der Waals surface area contributed by atoms with Gasteiger partial charge in [-0.05, 0) is 31.4 Å². The lowest BCUT2D eigenvalue weighted by molar-refractivity contribution is -0.137. The first-order chi connectivity index (χ1) is 9.38. The average Bonchev–Trinajstić information content (AvgIpc) is 2.85. The van der Waals surface area contributed by atoms with Gasteiger partial charge in [0.1, 0.15) is 5.01 Å². The van der Waals surface area contributed by atoms with Crippen LogP contribution in [0.5, 0.6) is 0 Å². The van der Waals surface area contributed by atoms with Crippen LogP contribution in [0, 0.1) is 0 Å². The van der Waals surface area contributed by atoms with Crippen LogP contribution in [0.2, 0.25) is 0 Å². The SMILES string of the molecule is NC1(c2nc(-c3cccc(C(F)(F)F)c3)cs2)CCC1. The van der Waals surface area contributed by atoms with Crippen molar-refractivity contribution in [2.45, 2.75) is 31.0 Å². The van der Waals surface area contributed by atoms with E-state index < -0.39 is 11.7 Å². The van der Waals surface area contributed by atoms with Gasteiger partial charge in [-0.1, -0.05) is 12.1 Å². The summed E-state index contributed by atoms with van der Waals surface area (Å²) in [5.41, 5.74) is 6.20. The molecule has 1 saturated carbocycles. The molecule has 0 aliphatic heterocycles. The third-order valence-corrected chi connectivity index (χ3v) is 4.72. The lowest BCUT2D eigenvalue weighted by Gasteiger charge is -2.35. The molecule has 0 saturated heterocycles. The monoisotopic (exact) mass is 298 g/mol. The molecule has 2 nitrogen and oxygen atoms in total. The molecule has 0 radical (unpaired) electrons. The number of alkyl halides is 3. The molecule has 1 fully saturated rings. The topological polar surface area (TPSA) is 38.9 Å². The Bertz CT molecular complexity index is 629. The van der Waals surface area contributed by atoms with Crippen molar-refractivity contribution in [2.24, 2.45) is 5.73 Å². The number of benzene rings is 1. The summed E-state index contributed by atoms with van der Waals surface area (Å²) in [6, 6.07) is 5.23. The van der Waals surface area contributed by atoms with Crippen molar-refractivity contribution < 1.29 is 13.2 Å². The van der Waals surface area contributed by atoms with E-state index in [1.165, 1.54) is 17.4 Å². The van der Waals surface area contributed by atoms with E-state index in [-0.39, 0.29) is 5.54 Å². The maximum absolute atomic E-state index is 12.7. The molecular weight excluding hydrogens is 285 g/mol. The number of hydrogen-bond acceptors (Lipinski definition) is 3. The van der Waals surface area contributed by atoms with Gasteiger partial charge in [-0.25, -0.2) is 4.98 Å². The Hall–Kier alpha value is -1.40. The van der Waals surface area contributed by atoms with Crippen molar-refractivity contribution in [2.75, 3.05) is 0 Å². The predicted molar refractivity (Wildman–Crippen MR) is 72.3 cm³/mol. The van der Waals surface area contributed by atoms with Gasteiger partial charge >= 0.3 is 6.18 Å². The Kier molecular flexibility index (Phi) is 3.10. The first-order valence-corrected chi connectivity index (χ1v) is 7.19. The molecule has 0 unspecified atom stereocenters. The molecule has 3 rings (SSSR count). The van der Waals surface area contributed by atoms with Crippen molar-refractivity contribution >= 4 is 11.3 Å². The second kappa shape index (κ2) is 4.56. The fourth-order valence-electron chi connectivity index (χ4n) is 2.26. The molecule has 2 N–H and O–H groups in total. The van der Waals surface area contributed by atoms with Gasteiger partial charge in [0, 0.05) is 10.9 Å². The van der Waals surface area contributed by atoms with Crippen molar-refractivity contribution in [1.82, 2.24) is 4.98 Å². The summed E-state index contributed by atoms with van der Waals surface area (Å²) in [5, 5.41) is 2.59. The Labute approximate surface area is 118 Å². The zero-order valence-electron chi connectivity index (χ0n) is 10.6. The number of nitrogens with two attached hydrogens (primary N) is 1. The van der Waals surface area contributed by atoms with Crippen LogP contribution < -0.4 is 5.73 Å². The minimum absolute atomic E-state index is 0.370. The minimum atomic E-state index is -4.34. The third-order valence-electron chi connectivity index (χ3n) is 3.66.